The normalized spacial score (nSPS) is 13.0. The van der Waals surface area contributed by atoms with E-state index in [0.717, 1.165) is 0 Å². The number of hydrogen-bond acceptors (Lipinski definition) is 7. The van der Waals surface area contributed by atoms with Gasteiger partial charge in [-0.15, -0.1) is 0 Å². The van der Waals surface area contributed by atoms with Crippen molar-refractivity contribution < 1.29 is 32.3 Å². The Hall–Kier alpha value is -1.46. The number of phenolic OH excluding ortho intramolecular Hbond substituents is 1. The summed E-state index contributed by atoms with van der Waals surface area (Å²) in [5.74, 6) is 0.101. The standard InChI is InChI=1S/C24H36O7P2/c1-16(2)28-32(26,29-17(3)4)24(33(27,30-18(5)6)31-19(7)8)15-20-13-14-23(25)22-12-10-9-11-21(20)22/h9-19,25H,1-8H3. The molecule has 0 aromatic heterocycles. The first-order valence-electron chi connectivity index (χ1n) is 11.1. The maximum atomic E-state index is 14.3. The van der Waals surface area contributed by atoms with E-state index in [4.69, 9.17) is 18.1 Å². The molecule has 2 aromatic carbocycles. The van der Waals surface area contributed by atoms with Gasteiger partial charge < -0.3 is 23.2 Å². The van der Waals surface area contributed by atoms with Crippen LogP contribution in [-0.2, 0) is 27.2 Å². The lowest BCUT2D eigenvalue weighted by atomic mass is 10.0. The molecule has 0 saturated heterocycles. The fourth-order valence-electron chi connectivity index (χ4n) is 3.26. The van der Waals surface area contributed by atoms with Gasteiger partial charge in [0.2, 0.25) is 0 Å². The van der Waals surface area contributed by atoms with Crippen LogP contribution in [0, 0.1) is 0 Å². The summed E-state index contributed by atoms with van der Waals surface area (Å²) >= 11 is 0. The summed E-state index contributed by atoms with van der Waals surface area (Å²) in [6.45, 7) is 13.8. The Balaban J connectivity index is 2.91. The number of aromatic hydroxyl groups is 1. The average Bonchev–Trinajstić information content (AvgIpc) is 2.64. The van der Waals surface area contributed by atoms with Crippen molar-refractivity contribution in [1.82, 2.24) is 0 Å². The van der Waals surface area contributed by atoms with Gasteiger partial charge in [-0.05, 0) is 78.5 Å². The van der Waals surface area contributed by atoms with Crippen LogP contribution in [0.4, 0.5) is 0 Å². The number of fused-ring (bicyclic) bond motifs is 1. The van der Waals surface area contributed by atoms with Gasteiger partial charge in [-0.1, -0.05) is 30.3 Å². The largest absolute Gasteiger partial charge is 0.507 e. The van der Waals surface area contributed by atoms with Crippen LogP contribution in [-0.4, -0.2) is 29.5 Å². The van der Waals surface area contributed by atoms with Gasteiger partial charge in [-0.3, -0.25) is 9.13 Å². The Morgan fingerprint density at radius 1 is 0.697 bits per heavy atom. The van der Waals surface area contributed by atoms with Gasteiger partial charge in [0.25, 0.3) is 0 Å². The highest BCUT2D eigenvalue weighted by Gasteiger charge is 2.48. The summed E-state index contributed by atoms with van der Waals surface area (Å²) in [6.07, 6.45) is -0.442. The van der Waals surface area contributed by atoms with Crippen molar-refractivity contribution in [2.75, 3.05) is 0 Å². The van der Waals surface area contributed by atoms with Gasteiger partial charge in [0.15, 0.2) is 5.06 Å². The second kappa shape index (κ2) is 11.3. The summed E-state index contributed by atoms with van der Waals surface area (Å²) in [5, 5.41) is 11.4. The summed E-state index contributed by atoms with van der Waals surface area (Å²) in [4.78, 5) is 0. The molecule has 0 aliphatic carbocycles. The molecular formula is C24H36O7P2. The number of hydrogen-bond donors (Lipinski definition) is 1. The highest BCUT2D eigenvalue weighted by atomic mass is 31.2. The minimum Gasteiger partial charge on any atom is -0.507 e. The van der Waals surface area contributed by atoms with Gasteiger partial charge in [0.05, 0.1) is 24.4 Å². The average molecular weight is 498 g/mol. The molecule has 33 heavy (non-hydrogen) atoms. The molecular weight excluding hydrogens is 462 g/mol. The second-order valence-electron chi connectivity index (χ2n) is 8.83. The van der Waals surface area contributed by atoms with E-state index in [1.807, 2.05) is 12.1 Å². The highest BCUT2D eigenvalue weighted by Crippen LogP contribution is 2.75. The molecule has 0 bridgehead atoms. The zero-order valence-electron chi connectivity index (χ0n) is 20.6. The number of rotatable bonds is 11. The molecule has 2 rings (SSSR count). The van der Waals surface area contributed by atoms with Crippen LogP contribution in [0.3, 0.4) is 0 Å². The van der Waals surface area contributed by atoms with Crippen LogP contribution in [0.1, 0.15) is 61.0 Å². The first kappa shape index (κ1) is 27.8. The molecule has 1 N–H and O–H groups in total. The van der Waals surface area contributed by atoms with E-state index in [9.17, 15) is 14.2 Å². The monoisotopic (exact) mass is 498 g/mol. The van der Waals surface area contributed by atoms with Crippen molar-refractivity contribution in [2.24, 2.45) is 0 Å². The minimum atomic E-state index is -4.15. The molecule has 0 atom stereocenters. The van der Waals surface area contributed by atoms with Crippen LogP contribution in [0.25, 0.3) is 16.8 Å². The third kappa shape index (κ3) is 7.26. The first-order valence-corrected chi connectivity index (χ1v) is 14.2. The third-order valence-electron chi connectivity index (χ3n) is 4.18. The molecule has 0 amide bonds. The van der Waals surface area contributed by atoms with E-state index in [0.29, 0.717) is 16.3 Å². The van der Waals surface area contributed by atoms with Crippen LogP contribution in [0.5, 0.6) is 5.75 Å². The van der Waals surface area contributed by atoms with Crippen molar-refractivity contribution in [3.63, 3.8) is 0 Å². The van der Waals surface area contributed by atoms with E-state index < -0.39 is 39.6 Å². The molecule has 2 aromatic rings. The molecule has 0 heterocycles. The van der Waals surface area contributed by atoms with Gasteiger partial charge in [0.1, 0.15) is 5.75 Å². The van der Waals surface area contributed by atoms with Crippen molar-refractivity contribution in [3.8, 4) is 5.75 Å². The Labute approximate surface area is 197 Å². The topological polar surface area (TPSA) is 91.3 Å². The van der Waals surface area contributed by atoms with Gasteiger partial charge >= 0.3 is 15.2 Å². The summed E-state index contributed by atoms with van der Waals surface area (Å²) in [7, 11) is -8.29. The molecule has 184 valence electrons. The zero-order chi connectivity index (χ0) is 25.0. The molecule has 0 unspecified atom stereocenters. The van der Waals surface area contributed by atoms with Crippen molar-refractivity contribution in [2.45, 2.75) is 79.8 Å². The second-order valence-corrected chi connectivity index (χ2v) is 13.0. The maximum absolute atomic E-state index is 14.3. The van der Waals surface area contributed by atoms with E-state index in [2.05, 4.69) is 0 Å². The summed E-state index contributed by atoms with van der Waals surface area (Å²) in [5.41, 5.74) is 0.568. The van der Waals surface area contributed by atoms with Crippen LogP contribution in [0.15, 0.2) is 41.5 Å². The quantitative estimate of drug-likeness (QED) is 0.315. The third-order valence-corrected chi connectivity index (χ3v) is 9.83. The Morgan fingerprint density at radius 2 is 1.09 bits per heavy atom. The molecule has 0 spiro atoms. The fourth-order valence-corrected chi connectivity index (χ4v) is 8.37. The molecule has 0 saturated carbocycles. The van der Waals surface area contributed by atoms with Crippen LogP contribution < -0.4 is 0 Å². The molecule has 0 fully saturated rings. The molecule has 7 nitrogen and oxygen atoms in total. The Bertz CT molecular complexity index is 1010. The van der Waals surface area contributed by atoms with Gasteiger partial charge in [-0.25, -0.2) is 0 Å². The lowest BCUT2D eigenvalue weighted by Gasteiger charge is -2.30. The van der Waals surface area contributed by atoms with Crippen LogP contribution in [0.2, 0.25) is 0 Å². The summed E-state index contributed by atoms with van der Waals surface area (Å²) < 4.78 is 51.8. The zero-order valence-corrected chi connectivity index (χ0v) is 22.4. The smallest absolute Gasteiger partial charge is 0.370 e. The molecule has 0 aliphatic rings. The number of benzene rings is 2. The predicted octanol–water partition coefficient (Wildman–Crippen LogP) is 7.93. The fraction of sp³-hybridized carbons (Fsp3) is 0.500. The number of phenols is 1. The van der Waals surface area contributed by atoms with E-state index >= 15 is 0 Å². The van der Waals surface area contributed by atoms with Gasteiger partial charge in [-0.2, -0.15) is 0 Å². The molecule has 0 aliphatic heterocycles. The minimum absolute atomic E-state index is 0.101. The lowest BCUT2D eigenvalue weighted by molar-refractivity contribution is 0.138. The molecule has 9 heteroatoms. The van der Waals surface area contributed by atoms with Crippen molar-refractivity contribution in [3.05, 3.63) is 47.0 Å². The van der Waals surface area contributed by atoms with E-state index in [1.54, 1.807) is 73.6 Å². The Kier molecular flexibility index (Phi) is 9.52. The van der Waals surface area contributed by atoms with E-state index in [1.165, 1.54) is 12.1 Å². The highest BCUT2D eigenvalue weighted by molar-refractivity contribution is 7.79. The first-order chi connectivity index (χ1) is 15.3. The maximum Gasteiger partial charge on any atom is 0.370 e. The lowest BCUT2D eigenvalue weighted by Crippen LogP contribution is -2.14. The van der Waals surface area contributed by atoms with Crippen molar-refractivity contribution >= 4 is 32.0 Å². The Morgan fingerprint density at radius 3 is 1.48 bits per heavy atom. The SMILES string of the molecule is CC(C)OP(=O)(OC(C)C)C(=Cc1ccc(O)c2ccccc12)P(=O)(OC(C)C)OC(C)C. The van der Waals surface area contributed by atoms with Gasteiger partial charge in [0, 0.05) is 5.39 Å². The summed E-state index contributed by atoms with van der Waals surface area (Å²) in [6, 6.07) is 10.4. The molecule has 0 radical (unpaired) electrons. The van der Waals surface area contributed by atoms with Crippen LogP contribution >= 0.6 is 15.2 Å². The van der Waals surface area contributed by atoms with Crippen molar-refractivity contribution in [1.29, 1.82) is 0 Å². The van der Waals surface area contributed by atoms with E-state index in [-0.39, 0.29) is 10.8 Å². The predicted molar refractivity (Wildman–Crippen MR) is 134 cm³/mol.